The summed E-state index contributed by atoms with van der Waals surface area (Å²) in [5.74, 6) is -2.10. The maximum atomic E-state index is 14.2. The molecule has 0 radical (unpaired) electrons. The van der Waals surface area contributed by atoms with Gasteiger partial charge in [0.25, 0.3) is 11.4 Å². The zero-order valence-electron chi connectivity index (χ0n) is 18.8. The summed E-state index contributed by atoms with van der Waals surface area (Å²) in [4.78, 5) is 32.9. The van der Waals surface area contributed by atoms with Crippen molar-refractivity contribution in [3.63, 3.8) is 0 Å². The van der Waals surface area contributed by atoms with Crippen molar-refractivity contribution in [1.29, 1.82) is 0 Å². The molecule has 0 atom stereocenters. The molecule has 1 aromatic carbocycles. The van der Waals surface area contributed by atoms with Crippen molar-refractivity contribution in [2.75, 3.05) is 7.11 Å². The monoisotopic (exact) mass is 491 g/mol. The number of aliphatic carboxylic acids is 1. The molecule has 4 aromatic rings. The Kier molecular flexibility index (Phi) is 5.87. The number of hydrogen-bond donors (Lipinski definition) is 1. The second kappa shape index (κ2) is 8.56. The minimum absolute atomic E-state index is 0.00404. The number of aromatic nitrogens is 5. The third-order valence-electron chi connectivity index (χ3n) is 5.52. The lowest BCUT2D eigenvalue weighted by atomic mass is 10.0. The molecule has 10 nitrogen and oxygen atoms in total. The Morgan fingerprint density at radius 2 is 1.91 bits per heavy atom. The highest BCUT2D eigenvalue weighted by molar-refractivity contribution is 5.82. The van der Waals surface area contributed by atoms with Crippen molar-refractivity contribution >= 4 is 17.0 Å². The molecular weight excluding hydrogens is 471 g/mol. The fourth-order valence-corrected chi connectivity index (χ4v) is 3.66. The van der Waals surface area contributed by atoms with Crippen LogP contribution < -0.4 is 10.3 Å². The van der Waals surface area contributed by atoms with Crippen LogP contribution >= 0.6 is 0 Å². The molecule has 0 unspecified atom stereocenters. The number of imidazole rings is 1. The predicted octanol–water partition coefficient (Wildman–Crippen LogP) is 3.34. The van der Waals surface area contributed by atoms with Crippen LogP contribution in [0, 0.1) is 0 Å². The van der Waals surface area contributed by atoms with Crippen LogP contribution in [0.5, 0.6) is 5.75 Å². The number of methoxy groups -OCH3 is 1. The van der Waals surface area contributed by atoms with Crippen LogP contribution in [0.25, 0.3) is 22.7 Å². The number of nitrogens with zero attached hydrogens (tertiary/aromatic N) is 5. The van der Waals surface area contributed by atoms with Crippen LogP contribution in [0.1, 0.15) is 25.1 Å². The van der Waals surface area contributed by atoms with Gasteiger partial charge in [-0.3, -0.25) is 4.79 Å². The van der Waals surface area contributed by atoms with Crippen LogP contribution in [-0.4, -0.2) is 42.5 Å². The van der Waals surface area contributed by atoms with Crippen LogP contribution in [0.4, 0.5) is 13.2 Å². The molecule has 0 aliphatic rings. The standard InChI is InChI=1S/C22H20F3N5O5/c1-21(2,20(32)33)30-19(31)16-15(13(28-30)9-8-12-6-4-5-7-14(12)34-3)27-17(18-26-10-11-35-18)29(16)22(23,24)25/h4-7,10-11H,8-9H2,1-3H3,(H,32,33). The number of hydrogen-bond acceptors (Lipinski definition) is 7. The molecule has 0 bridgehead atoms. The molecule has 0 aliphatic heterocycles. The minimum Gasteiger partial charge on any atom is -0.496 e. The molecule has 0 saturated carbocycles. The molecule has 0 fully saturated rings. The Hall–Kier alpha value is -4.16. The summed E-state index contributed by atoms with van der Waals surface area (Å²) in [7, 11) is 1.48. The highest BCUT2D eigenvalue weighted by Crippen LogP contribution is 2.34. The third-order valence-corrected chi connectivity index (χ3v) is 5.52. The average Bonchev–Trinajstić information content (AvgIpc) is 3.46. The lowest BCUT2D eigenvalue weighted by Crippen LogP contribution is -2.45. The number of para-hydroxylation sites is 1. The van der Waals surface area contributed by atoms with Crippen molar-refractivity contribution in [1.82, 2.24) is 24.3 Å². The van der Waals surface area contributed by atoms with Gasteiger partial charge in [0.2, 0.25) is 5.82 Å². The van der Waals surface area contributed by atoms with E-state index in [9.17, 15) is 27.9 Å². The molecule has 4 rings (SSSR count). The normalized spacial score (nSPS) is 12.3. The molecule has 3 heterocycles. The first-order chi connectivity index (χ1) is 16.5. The van der Waals surface area contributed by atoms with E-state index in [2.05, 4.69) is 15.1 Å². The van der Waals surface area contributed by atoms with E-state index in [1.165, 1.54) is 21.0 Å². The quantitative estimate of drug-likeness (QED) is 0.417. The van der Waals surface area contributed by atoms with Gasteiger partial charge in [-0.25, -0.2) is 24.0 Å². The topological polar surface area (TPSA) is 125 Å². The smallest absolute Gasteiger partial charge is 0.490 e. The molecule has 0 saturated heterocycles. The lowest BCUT2D eigenvalue weighted by Gasteiger charge is -2.22. The number of aryl methyl sites for hydroxylation is 2. The van der Waals surface area contributed by atoms with E-state index < -0.39 is 40.6 Å². The third kappa shape index (κ3) is 4.13. The van der Waals surface area contributed by atoms with Gasteiger partial charge in [0.15, 0.2) is 5.54 Å². The van der Waals surface area contributed by atoms with E-state index in [-0.39, 0.29) is 28.6 Å². The van der Waals surface area contributed by atoms with Crippen LogP contribution in [0.2, 0.25) is 0 Å². The largest absolute Gasteiger partial charge is 0.496 e. The van der Waals surface area contributed by atoms with E-state index in [0.717, 1.165) is 18.0 Å². The summed E-state index contributed by atoms with van der Waals surface area (Å²) in [6, 6.07) is 7.04. The second-order valence-electron chi connectivity index (χ2n) is 8.11. The fraction of sp³-hybridized carbons (Fsp3) is 0.318. The van der Waals surface area contributed by atoms with Crippen molar-refractivity contribution < 1.29 is 32.2 Å². The molecule has 184 valence electrons. The Labute approximate surface area is 195 Å². The van der Waals surface area contributed by atoms with E-state index in [0.29, 0.717) is 10.4 Å². The molecule has 3 aromatic heterocycles. The molecule has 0 aliphatic carbocycles. The van der Waals surface area contributed by atoms with E-state index in [4.69, 9.17) is 9.15 Å². The summed E-state index contributed by atoms with van der Waals surface area (Å²) in [5, 5.41) is 13.8. The minimum atomic E-state index is -5.09. The average molecular weight is 491 g/mol. The lowest BCUT2D eigenvalue weighted by molar-refractivity contribution is -0.200. The van der Waals surface area contributed by atoms with E-state index in [1.807, 2.05) is 0 Å². The Morgan fingerprint density at radius 1 is 1.20 bits per heavy atom. The highest BCUT2D eigenvalue weighted by atomic mass is 19.4. The van der Waals surface area contributed by atoms with Gasteiger partial charge in [-0.15, -0.1) is 13.2 Å². The van der Waals surface area contributed by atoms with Gasteiger partial charge < -0.3 is 14.3 Å². The summed E-state index contributed by atoms with van der Waals surface area (Å²) >= 11 is 0. The van der Waals surface area contributed by atoms with Gasteiger partial charge in [-0.05, 0) is 38.3 Å². The number of ether oxygens (including phenoxy) is 1. The summed E-state index contributed by atoms with van der Waals surface area (Å²) in [6.45, 7) is 2.34. The van der Waals surface area contributed by atoms with Gasteiger partial charge in [-0.2, -0.15) is 5.10 Å². The van der Waals surface area contributed by atoms with Gasteiger partial charge in [0, 0.05) is 0 Å². The summed E-state index contributed by atoms with van der Waals surface area (Å²) < 4.78 is 53.3. The zero-order chi connectivity index (χ0) is 25.5. The number of fused-ring (bicyclic) bond motifs is 1. The molecule has 0 spiro atoms. The number of halogens is 3. The maximum absolute atomic E-state index is 14.2. The Balaban J connectivity index is 2.02. The summed E-state index contributed by atoms with van der Waals surface area (Å²) in [6.07, 6.45) is -2.58. The Bertz CT molecular complexity index is 1450. The van der Waals surface area contributed by atoms with E-state index >= 15 is 0 Å². The first kappa shape index (κ1) is 24.0. The maximum Gasteiger partial charge on any atom is 0.490 e. The first-order valence-electron chi connectivity index (χ1n) is 10.3. The SMILES string of the molecule is COc1ccccc1CCc1nn(C(C)(C)C(=O)O)c(=O)c2c1nc(-c1ncco1)n2C(F)(F)F. The predicted molar refractivity (Wildman–Crippen MR) is 116 cm³/mol. The van der Waals surface area contributed by atoms with Gasteiger partial charge in [0.05, 0.1) is 19.0 Å². The van der Waals surface area contributed by atoms with Crippen LogP contribution in [0.3, 0.4) is 0 Å². The van der Waals surface area contributed by atoms with Gasteiger partial charge >= 0.3 is 12.3 Å². The van der Waals surface area contributed by atoms with Gasteiger partial charge in [-0.1, -0.05) is 18.2 Å². The van der Waals surface area contributed by atoms with Crippen LogP contribution in [-0.2, 0) is 29.5 Å². The molecule has 13 heteroatoms. The van der Waals surface area contributed by atoms with Crippen molar-refractivity contribution in [2.45, 2.75) is 38.5 Å². The van der Waals surface area contributed by atoms with Crippen LogP contribution in [0.15, 0.2) is 45.9 Å². The van der Waals surface area contributed by atoms with Crippen molar-refractivity contribution in [2.24, 2.45) is 0 Å². The van der Waals surface area contributed by atoms with Gasteiger partial charge in [0.1, 0.15) is 23.0 Å². The van der Waals surface area contributed by atoms with E-state index in [1.54, 1.807) is 24.3 Å². The number of oxazole rings is 1. The summed E-state index contributed by atoms with van der Waals surface area (Å²) in [5.41, 5.74) is -3.68. The number of carbonyl (C=O) groups is 1. The molecule has 35 heavy (non-hydrogen) atoms. The first-order valence-corrected chi connectivity index (χ1v) is 10.3. The molecular formula is C22H20F3N5O5. The number of benzene rings is 1. The number of carboxylic acid groups (broad SMARTS) is 1. The number of rotatable bonds is 7. The zero-order valence-corrected chi connectivity index (χ0v) is 18.8. The molecule has 1 N–H and O–H groups in total. The number of carboxylic acids is 1. The number of alkyl halides is 3. The second-order valence-corrected chi connectivity index (χ2v) is 8.11. The fourth-order valence-electron chi connectivity index (χ4n) is 3.66. The highest BCUT2D eigenvalue weighted by Gasteiger charge is 2.41. The van der Waals surface area contributed by atoms with Crippen molar-refractivity contribution in [3.05, 3.63) is 58.3 Å². The van der Waals surface area contributed by atoms with Crippen molar-refractivity contribution in [3.8, 4) is 17.5 Å². The Morgan fingerprint density at radius 3 is 2.51 bits per heavy atom. The molecule has 0 amide bonds.